The van der Waals surface area contributed by atoms with Gasteiger partial charge in [0.05, 0.1) is 22.8 Å². The summed E-state index contributed by atoms with van der Waals surface area (Å²) < 4.78 is 25.6. The summed E-state index contributed by atoms with van der Waals surface area (Å²) in [5.41, 5.74) is 1.75. The molecular weight excluding hydrogens is 238 g/mol. The van der Waals surface area contributed by atoms with E-state index in [9.17, 15) is 8.42 Å². The van der Waals surface area contributed by atoms with Gasteiger partial charge < -0.3 is 4.98 Å². The third-order valence-corrected chi connectivity index (χ3v) is 4.29. The SMILES string of the molecule is CC(C)S(=O)(=O)NCc1nc2ccccc2[nH]1. The lowest BCUT2D eigenvalue weighted by molar-refractivity contribution is 0.570. The molecule has 0 aliphatic rings. The van der Waals surface area contributed by atoms with Gasteiger partial charge in [0.1, 0.15) is 5.82 Å². The van der Waals surface area contributed by atoms with Crippen molar-refractivity contribution in [1.82, 2.24) is 14.7 Å². The standard InChI is InChI=1S/C11H15N3O2S/c1-8(2)17(15,16)12-7-11-13-9-5-3-4-6-10(9)14-11/h3-6,8,12H,7H2,1-2H3,(H,13,14). The van der Waals surface area contributed by atoms with Crippen LogP contribution in [0.15, 0.2) is 24.3 Å². The van der Waals surface area contributed by atoms with E-state index in [2.05, 4.69) is 14.7 Å². The van der Waals surface area contributed by atoms with Crippen LogP contribution in [-0.2, 0) is 16.6 Å². The second-order valence-electron chi connectivity index (χ2n) is 4.12. The zero-order valence-corrected chi connectivity index (χ0v) is 10.6. The van der Waals surface area contributed by atoms with E-state index in [4.69, 9.17) is 0 Å². The summed E-state index contributed by atoms with van der Waals surface area (Å²) in [5.74, 6) is 0.621. The summed E-state index contributed by atoms with van der Waals surface area (Å²) in [4.78, 5) is 7.36. The van der Waals surface area contributed by atoms with E-state index in [0.717, 1.165) is 11.0 Å². The molecule has 5 nitrogen and oxygen atoms in total. The highest BCUT2D eigenvalue weighted by Crippen LogP contribution is 2.10. The highest BCUT2D eigenvalue weighted by molar-refractivity contribution is 7.90. The van der Waals surface area contributed by atoms with Crippen LogP contribution in [0.25, 0.3) is 11.0 Å². The van der Waals surface area contributed by atoms with Gasteiger partial charge in [0, 0.05) is 0 Å². The molecule has 0 atom stereocenters. The van der Waals surface area contributed by atoms with Crippen LogP contribution in [0.1, 0.15) is 19.7 Å². The average molecular weight is 253 g/mol. The van der Waals surface area contributed by atoms with Gasteiger partial charge >= 0.3 is 0 Å². The summed E-state index contributed by atoms with van der Waals surface area (Å²) in [5, 5.41) is -0.438. The Morgan fingerprint density at radius 3 is 2.71 bits per heavy atom. The van der Waals surface area contributed by atoms with Crippen molar-refractivity contribution in [2.24, 2.45) is 0 Å². The molecule has 2 N–H and O–H groups in total. The van der Waals surface area contributed by atoms with Crippen LogP contribution < -0.4 is 4.72 Å². The number of para-hydroxylation sites is 2. The Bertz CT molecular complexity index is 583. The Morgan fingerprint density at radius 1 is 1.35 bits per heavy atom. The summed E-state index contributed by atoms with van der Waals surface area (Å²) in [6, 6.07) is 7.59. The minimum atomic E-state index is -3.24. The first kappa shape index (κ1) is 12.1. The topological polar surface area (TPSA) is 74.8 Å². The first-order chi connectivity index (χ1) is 7.99. The fourth-order valence-electron chi connectivity index (χ4n) is 1.42. The molecule has 1 heterocycles. The van der Waals surface area contributed by atoms with Crippen molar-refractivity contribution in [2.45, 2.75) is 25.6 Å². The molecule has 0 saturated carbocycles. The third kappa shape index (κ3) is 2.65. The fraction of sp³-hybridized carbons (Fsp3) is 0.364. The number of nitrogens with one attached hydrogen (secondary N) is 2. The summed E-state index contributed by atoms with van der Waals surface area (Å²) in [7, 11) is -3.24. The predicted molar refractivity (Wildman–Crippen MR) is 67.0 cm³/mol. The third-order valence-electron chi connectivity index (χ3n) is 2.50. The van der Waals surface area contributed by atoms with Crippen molar-refractivity contribution in [3.8, 4) is 0 Å². The Hall–Kier alpha value is -1.40. The molecular formula is C11H15N3O2S. The van der Waals surface area contributed by atoms with Crippen molar-refractivity contribution in [2.75, 3.05) is 0 Å². The Balaban J connectivity index is 2.15. The van der Waals surface area contributed by atoms with Gasteiger partial charge in [-0.2, -0.15) is 0 Å². The molecule has 0 bridgehead atoms. The van der Waals surface area contributed by atoms with Gasteiger partial charge in [-0.15, -0.1) is 0 Å². The quantitative estimate of drug-likeness (QED) is 0.864. The van der Waals surface area contributed by atoms with E-state index in [0.29, 0.717) is 5.82 Å². The van der Waals surface area contributed by atoms with Gasteiger partial charge in [0.25, 0.3) is 0 Å². The minimum Gasteiger partial charge on any atom is -0.341 e. The van der Waals surface area contributed by atoms with Crippen molar-refractivity contribution < 1.29 is 8.42 Å². The predicted octanol–water partition coefficient (Wildman–Crippen LogP) is 1.39. The molecule has 1 aromatic heterocycles. The van der Waals surface area contributed by atoms with E-state index >= 15 is 0 Å². The van der Waals surface area contributed by atoms with E-state index < -0.39 is 15.3 Å². The zero-order valence-electron chi connectivity index (χ0n) is 9.77. The van der Waals surface area contributed by atoms with Crippen LogP contribution in [0.4, 0.5) is 0 Å². The molecule has 0 amide bonds. The number of H-pyrrole nitrogens is 1. The molecule has 17 heavy (non-hydrogen) atoms. The number of hydrogen-bond donors (Lipinski definition) is 2. The minimum absolute atomic E-state index is 0.190. The lowest BCUT2D eigenvalue weighted by Gasteiger charge is -2.07. The number of fused-ring (bicyclic) bond motifs is 1. The van der Waals surface area contributed by atoms with Crippen molar-refractivity contribution >= 4 is 21.1 Å². The second kappa shape index (κ2) is 4.46. The van der Waals surface area contributed by atoms with Gasteiger partial charge in [0.15, 0.2) is 0 Å². The molecule has 6 heteroatoms. The highest BCUT2D eigenvalue weighted by Gasteiger charge is 2.15. The average Bonchev–Trinajstić information content (AvgIpc) is 2.69. The molecule has 0 spiro atoms. The largest absolute Gasteiger partial charge is 0.341 e. The Labute approximate surface area is 100 Å². The van der Waals surface area contributed by atoms with Crippen LogP contribution in [0.3, 0.4) is 0 Å². The second-order valence-corrected chi connectivity index (χ2v) is 6.44. The number of sulfonamides is 1. The van der Waals surface area contributed by atoms with E-state index in [1.807, 2.05) is 24.3 Å². The number of rotatable bonds is 4. The molecule has 1 aromatic carbocycles. The van der Waals surface area contributed by atoms with Crippen molar-refractivity contribution in [1.29, 1.82) is 0 Å². The van der Waals surface area contributed by atoms with Crippen LogP contribution in [0, 0.1) is 0 Å². The van der Waals surface area contributed by atoms with Crippen molar-refractivity contribution in [3.63, 3.8) is 0 Å². The maximum atomic E-state index is 11.6. The number of nitrogens with zero attached hydrogens (tertiary/aromatic N) is 1. The molecule has 0 saturated heterocycles. The first-order valence-corrected chi connectivity index (χ1v) is 6.96. The van der Waals surface area contributed by atoms with Gasteiger partial charge in [-0.1, -0.05) is 12.1 Å². The van der Waals surface area contributed by atoms with Gasteiger partial charge in [-0.05, 0) is 26.0 Å². The molecule has 2 aromatic rings. The maximum Gasteiger partial charge on any atom is 0.214 e. The lowest BCUT2D eigenvalue weighted by atomic mass is 10.3. The fourth-order valence-corrected chi connectivity index (χ4v) is 2.10. The van der Waals surface area contributed by atoms with Gasteiger partial charge in [-0.3, -0.25) is 0 Å². The highest BCUT2D eigenvalue weighted by atomic mass is 32.2. The Kier molecular flexibility index (Phi) is 3.17. The number of aromatic amines is 1. The molecule has 0 fully saturated rings. The molecule has 2 rings (SSSR count). The zero-order chi connectivity index (χ0) is 12.5. The van der Waals surface area contributed by atoms with E-state index in [-0.39, 0.29) is 6.54 Å². The van der Waals surface area contributed by atoms with Gasteiger partial charge in [0.2, 0.25) is 10.0 Å². The van der Waals surface area contributed by atoms with Crippen LogP contribution in [0.5, 0.6) is 0 Å². The molecule has 0 unspecified atom stereocenters. The number of hydrogen-bond acceptors (Lipinski definition) is 3. The normalized spacial score (nSPS) is 12.4. The summed E-state index contributed by atoms with van der Waals surface area (Å²) in [6.07, 6.45) is 0. The van der Waals surface area contributed by atoms with E-state index in [1.165, 1.54) is 0 Å². The number of aromatic nitrogens is 2. The van der Waals surface area contributed by atoms with Crippen LogP contribution in [-0.4, -0.2) is 23.6 Å². The molecule has 92 valence electrons. The molecule has 0 radical (unpaired) electrons. The monoisotopic (exact) mass is 253 g/mol. The number of imidazole rings is 1. The maximum absolute atomic E-state index is 11.6. The molecule has 0 aliphatic heterocycles. The smallest absolute Gasteiger partial charge is 0.214 e. The summed E-state index contributed by atoms with van der Waals surface area (Å²) >= 11 is 0. The summed E-state index contributed by atoms with van der Waals surface area (Å²) in [6.45, 7) is 3.47. The van der Waals surface area contributed by atoms with Crippen molar-refractivity contribution in [3.05, 3.63) is 30.1 Å². The first-order valence-electron chi connectivity index (χ1n) is 5.41. The Morgan fingerprint density at radius 2 is 2.06 bits per heavy atom. The molecule has 0 aliphatic carbocycles. The van der Waals surface area contributed by atoms with Gasteiger partial charge in [-0.25, -0.2) is 18.1 Å². The number of benzene rings is 1. The van der Waals surface area contributed by atoms with Crippen LogP contribution >= 0.6 is 0 Å². The van der Waals surface area contributed by atoms with Crippen LogP contribution in [0.2, 0.25) is 0 Å². The van der Waals surface area contributed by atoms with E-state index in [1.54, 1.807) is 13.8 Å². The lowest BCUT2D eigenvalue weighted by Crippen LogP contribution is -2.30.